The Hall–Kier alpha value is -1.07. The molecule has 3 heterocycles. The minimum atomic E-state index is 0.182. The first-order chi connectivity index (χ1) is 10.1. The number of aromatic nitrogens is 2. The first kappa shape index (κ1) is 14.9. The summed E-state index contributed by atoms with van der Waals surface area (Å²) in [6, 6.07) is 0.910. The van der Waals surface area contributed by atoms with Gasteiger partial charge in [-0.05, 0) is 46.1 Å². The molecule has 21 heavy (non-hydrogen) atoms. The highest BCUT2D eigenvalue weighted by Gasteiger charge is 2.31. The molecule has 0 amide bonds. The van der Waals surface area contributed by atoms with E-state index < -0.39 is 0 Å². The molecule has 118 valence electrons. The van der Waals surface area contributed by atoms with E-state index in [0.29, 0.717) is 0 Å². The second-order valence-corrected chi connectivity index (χ2v) is 6.82. The molecule has 0 bridgehead atoms. The monoisotopic (exact) mass is 291 g/mol. The van der Waals surface area contributed by atoms with Crippen LogP contribution in [0.1, 0.15) is 37.4 Å². The van der Waals surface area contributed by atoms with Crippen molar-refractivity contribution in [3.05, 3.63) is 11.3 Å². The maximum atomic E-state index is 6.05. The van der Waals surface area contributed by atoms with Crippen LogP contribution in [0.5, 0.6) is 0 Å². The molecule has 0 spiro atoms. The smallest absolute Gasteiger partial charge is 0.130 e. The van der Waals surface area contributed by atoms with Crippen LogP contribution >= 0.6 is 0 Å². The Morgan fingerprint density at radius 2 is 2.05 bits per heavy atom. The molecule has 2 atom stereocenters. The van der Waals surface area contributed by atoms with Gasteiger partial charge in [0.2, 0.25) is 0 Å². The van der Waals surface area contributed by atoms with Gasteiger partial charge in [0.1, 0.15) is 5.82 Å². The van der Waals surface area contributed by atoms with Gasteiger partial charge in [0.15, 0.2) is 0 Å². The van der Waals surface area contributed by atoms with E-state index in [1.165, 1.54) is 43.7 Å². The molecule has 5 nitrogen and oxygen atoms in total. The molecule has 0 saturated carbocycles. The number of nitrogens with two attached hydrogens (primary N) is 1. The van der Waals surface area contributed by atoms with Gasteiger partial charge in [-0.1, -0.05) is 0 Å². The van der Waals surface area contributed by atoms with Gasteiger partial charge in [0.25, 0.3) is 0 Å². The predicted octanol–water partition coefficient (Wildman–Crippen LogP) is 1.29. The fourth-order valence-electron chi connectivity index (χ4n) is 4.05. The molecule has 2 fully saturated rings. The second kappa shape index (κ2) is 5.97. The molecule has 0 aromatic carbocycles. The maximum Gasteiger partial charge on any atom is 0.130 e. The zero-order valence-corrected chi connectivity index (χ0v) is 13.7. The standard InChI is InChI=1S/C16H29N5/c1-12(17)10-15-13(2)18-19(3)16(15)21-9-5-8-20-7-4-6-14(20)11-21/h12,14H,4-11,17H2,1-3H3. The predicted molar refractivity (Wildman–Crippen MR) is 86.7 cm³/mol. The van der Waals surface area contributed by atoms with E-state index in [2.05, 4.69) is 40.5 Å². The van der Waals surface area contributed by atoms with Gasteiger partial charge < -0.3 is 10.6 Å². The minimum Gasteiger partial charge on any atom is -0.355 e. The molecule has 2 aliphatic heterocycles. The number of aryl methyl sites for hydroxylation is 2. The summed E-state index contributed by atoms with van der Waals surface area (Å²) in [5.41, 5.74) is 8.54. The number of nitrogens with zero attached hydrogens (tertiary/aromatic N) is 4. The van der Waals surface area contributed by atoms with E-state index in [9.17, 15) is 0 Å². The van der Waals surface area contributed by atoms with Crippen LogP contribution in [-0.2, 0) is 13.5 Å². The summed E-state index contributed by atoms with van der Waals surface area (Å²) >= 11 is 0. The molecule has 3 rings (SSSR count). The molecular weight excluding hydrogens is 262 g/mol. The zero-order valence-electron chi connectivity index (χ0n) is 13.7. The summed E-state index contributed by atoms with van der Waals surface area (Å²) in [5, 5.41) is 4.66. The van der Waals surface area contributed by atoms with Crippen molar-refractivity contribution in [2.75, 3.05) is 31.1 Å². The van der Waals surface area contributed by atoms with E-state index in [1.54, 1.807) is 0 Å². The molecule has 2 aliphatic rings. The van der Waals surface area contributed by atoms with Gasteiger partial charge in [-0.25, -0.2) is 0 Å². The third kappa shape index (κ3) is 2.94. The summed E-state index contributed by atoms with van der Waals surface area (Å²) in [5.74, 6) is 1.30. The Bertz CT molecular complexity index is 493. The molecule has 0 radical (unpaired) electrons. The van der Waals surface area contributed by atoms with E-state index in [-0.39, 0.29) is 6.04 Å². The Labute approximate surface area is 128 Å². The fourth-order valence-corrected chi connectivity index (χ4v) is 4.05. The molecule has 1 aromatic rings. The number of rotatable bonds is 3. The van der Waals surface area contributed by atoms with Crippen molar-refractivity contribution >= 4 is 5.82 Å². The van der Waals surface area contributed by atoms with Crippen LogP contribution in [0.4, 0.5) is 5.82 Å². The van der Waals surface area contributed by atoms with Gasteiger partial charge in [0, 0.05) is 44.3 Å². The Kier molecular flexibility index (Phi) is 4.22. The lowest BCUT2D eigenvalue weighted by molar-refractivity contribution is 0.273. The summed E-state index contributed by atoms with van der Waals surface area (Å²) in [7, 11) is 2.07. The highest BCUT2D eigenvalue weighted by molar-refractivity contribution is 5.51. The van der Waals surface area contributed by atoms with Crippen LogP contribution < -0.4 is 10.6 Å². The molecular formula is C16H29N5. The largest absolute Gasteiger partial charge is 0.355 e. The maximum absolute atomic E-state index is 6.05. The second-order valence-electron chi connectivity index (χ2n) is 6.82. The summed E-state index contributed by atoms with van der Waals surface area (Å²) < 4.78 is 2.07. The third-order valence-corrected chi connectivity index (χ3v) is 4.94. The molecule has 2 saturated heterocycles. The van der Waals surface area contributed by atoms with Gasteiger partial charge in [-0.3, -0.25) is 9.58 Å². The topological polar surface area (TPSA) is 50.3 Å². The lowest BCUT2D eigenvalue weighted by atomic mass is 10.1. The van der Waals surface area contributed by atoms with Crippen LogP contribution in [0.15, 0.2) is 0 Å². The van der Waals surface area contributed by atoms with Crippen molar-refractivity contribution < 1.29 is 0 Å². The van der Waals surface area contributed by atoms with E-state index >= 15 is 0 Å². The Morgan fingerprint density at radius 3 is 2.81 bits per heavy atom. The minimum absolute atomic E-state index is 0.182. The van der Waals surface area contributed by atoms with E-state index in [1.807, 2.05) is 0 Å². The van der Waals surface area contributed by atoms with Crippen molar-refractivity contribution in [1.29, 1.82) is 0 Å². The third-order valence-electron chi connectivity index (χ3n) is 4.94. The van der Waals surface area contributed by atoms with E-state index in [4.69, 9.17) is 5.73 Å². The molecule has 2 unspecified atom stereocenters. The quantitative estimate of drug-likeness (QED) is 0.912. The Balaban J connectivity index is 1.88. The fraction of sp³-hybridized carbons (Fsp3) is 0.812. The molecule has 1 aromatic heterocycles. The van der Waals surface area contributed by atoms with Crippen molar-refractivity contribution in [2.45, 2.75) is 51.6 Å². The average Bonchev–Trinajstić information content (AvgIpc) is 2.88. The normalized spacial score (nSPS) is 25.0. The molecule has 5 heteroatoms. The van der Waals surface area contributed by atoms with Crippen LogP contribution in [-0.4, -0.2) is 52.9 Å². The van der Waals surface area contributed by atoms with Gasteiger partial charge in [-0.2, -0.15) is 5.10 Å². The van der Waals surface area contributed by atoms with Gasteiger partial charge >= 0.3 is 0 Å². The summed E-state index contributed by atoms with van der Waals surface area (Å²) in [4.78, 5) is 5.24. The first-order valence-electron chi connectivity index (χ1n) is 8.33. The lowest BCUT2D eigenvalue weighted by Crippen LogP contribution is -2.37. The van der Waals surface area contributed by atoms with Crippen LogP contribution in [0.3, 0.4) is 0 Å². The summed E-state index contributed by atoms with van der Waals surface area (Å²) in [6.45, 7) is 9.01. The molecule has 0 aliphatic carbocycles. The highest BCUT2D eigenvalue weighted by Crippen LogP contribution is 2.29. The molecule has 2 N–H and O–H groups in total. The van der Waals surface area contributed by atoms with E-state index in [0.717, 1.165) is 31.2 Å². The SMILES string of the molecule is Cc1nn(C)c(N2CCCN3CCCC3C2)c1CC(C)N. The lowest BCUT2D eigenvalue weighted by Gasteiger charge is -2.28. The van der Waals surface area contributed by atoms with Crippen molar-refractivity contribution in [1.82, 2.24) is 14.7 Å². The number of fused-ring (bicyclic) bond motifs is 1. The Morgan fingerprint density at radius 1 is 1.29 bits per heavy atom. The van der Waals surface area contributed by atoms with Gasteiger partial charge in [-0.15, -0.1) is 0 Å². The average molecular weight is 291 g/mol. The number of hydrogen-bond donors (Lipinski definition) is 1. The number of hydrogen-bond acceptors (Lipinski definition) is 4. The van der Waals surface area contributed by atoms with Crippen molar-refractivity contribution in [3.8, 4) is 0 Å². The number of anilines is 1. The highest BCUT2D eigenvalue weighted by atomic mass is 15.4. The first-order valence-corrected chi connectivity index (χ1v) is 8.33. The van der Waals surface area contributed by atoms with Crippen LogP contribution in [0, 0.1) is 6.92 Å². The van der Waals surface area contributed by atoms with Crippen LogP contribution in [0.2, 0.25) is 0 Å². The van der Waals surface area contributed by atoms with Crippen LogP contribution in [0.25, 0.3) is 0 Å². The zero-order chi connectivity index (χ0) is 15.0. The summed E-state index contributed by atoms with van der Waals surface area (Å²) in [6.07, 6.45) is 4.86. The van der Waals surface area contributed by atoms with Gasteiger partial charge in [0.05, 0.1) is 5.69 Å². The van der Waals surface area contributed by atoms with Crippen molar-refractivity contribution in [3.63, 3.8) is 0 Å². The van der Waals surface area contributed by atoms with Crippen molar-refractivity contribution in [2.24, 2.45) is 12.8 Å².